The van der Waals surface area contributed by atoms with Crippen molar-refractivity contribution in [3.63, 3.8) is 0 Å². The summed E-state index contributed by atoms with van der Waals surface area (Å²) in [5.74, 6) is -0.621. The van der Waals surface area contributed by atoms with E-state index in [0.29, 0.717) is 4.34 Å². The molecule has 21 heavy (non-hydrogen) atoms. The van der Waals surface area contributed by atoms with Crippen molar-refractivity contribution in [3.8, 4) is 0 Å². The predicted octanol–water partition coefficient (Wildman–Crippen LogP) is 3.92. The lowest BCUT2D eigenvalue weighted by Gasteiger charge is -2.14. The highest BCUT2D eigenvalue weighted by atomic mass is 79.9. The monoisotopic (exact) mass is 412 g/mol. The Hall–Kier alpha value is -0.670. The van der Waals surface area contributed by atoms with Crippen LogP contribution in [0.5, 0.6) is 0 Å². The maximum absolute atomic E-state index is 13.3. The van der Waals surface area contributed by atoms with Crippen molar-refractivity contribution in [2.75, 3.05) is 5.73 Å². The second-order valence-corrected chi connectivity index (χ2v) is 8.57. The minimum atomic E-state index is -3.88. The smallest absolute Gasteiger partial charge is 0.243 e. The number of rotatable bonds is 4. The topological polar surface area (TPSA) is 72.2 Å². The molecule has 0 saturated heterocycles. The van der Waals surface area contributed by atoms with Crippen LogP contribution in [0, 0.1) is 5.82 Å². The average molecular weight is 414 g/mol. The Morgan fingerprint density at radius 3 is 2.67 bits per heavy atom. The molecule has 0 fully saturated rings. The number of hydrogen-bond donors (Lipinski definition) is 2. The fourth-order valence-corrected chi connectivity index (χ4v) is 4.69. The van der Waals surface area contributed by atoms with E-state index in [1.807, 2.05) is 0 Å². The van der Waals surface area contributed by atoms with Crippen LogP contribution >= 0.6 is 38.9 Å². The molecule has 0 aliphatic carbocycles. The van der Waals surface area contributed by atoms with Crippen LogP contribution in [0.1, 0.15) is 17.8 Å². The molecule has 0 amide bonds. The van der Waals surface area contributed by atoms with E-state index in [0.717, 1.165) is 17.0 Å². The molecule has 2 rings (SSSR count). The number of nitrogen functional groups attached to an aromatic ring is 1. The molecule has 9 heteroatoms. The molecule has 0 aliphatic heterocycles. The third kappa shape index (κ3) is 3.75. The van der Waals surface area contributed by atoms with Crippen molar-refractivity contribution in [1.29, 1.82) is 0 Å². The first-order valence-corrected chi connectivity index (χ1v) is 9.20. The van der Waals surface area contributed by atoms with Gasteiger partial charge in [0.25, 0.3) is 0 Å². The molecule has 0 radical (unpaired) electrons. The van der Waals surface area contributed by atoms with E-state index >= 15 is 0 Å². The van der Waals surface area contributed by atoms with Gasteiger partial charge in [-0.15, -0.1) is 11.3 Å². The van der Waals surface area contributed by atoms with Crippen LogP contribution in [-0.2, 0) is 10.0 Å². The third-order valence-corrected chi connectivity index (χ3v) is 6.31. The minimum absolute atomic E-state index is 0.0314. The first kappa shape index (κ1) is 16.7. The third-order valence-electron chi connectivity index (χ3n) is 2.69. The molecule has 0 bridgehead atoms. The number of benzene rings is 1. The van der Waals surface area contributed by atoms with Gasteiger partial charge in [0.2, 0.25) is 10.0 Å². The zero-order valence-corrected chi connectivity index (χ0v) is 14.7. The second-order valence-electron chi connectivity index (χ2n) is 4.29. The van der Waals surface area contributed by atoms with Crippen LogP contribution in [-0.4, -0.2) is 8.42 Å². The number of sulfonamides is 1. The van der Waals surface area contributed by atoms with Gasteiger partial charge in [0, 0.05) is 4.88 Å². The van der Waals surface area contributed by atoms with Crippen LogP contribution in [0.3, 0.4) is 0 Å². The molecule has 1 heterocycles. The summed E-state index contributed by atoms with van der Waals surface area (Å²) in [5, 5.41) is 0. The zero-order valence-electron chi connectivity index (χ0n) is 10.7. The maximum atomic E-state index is 13.3. The summed E-state index contributed by atoms with van der Waals surface area (Å²) in [6.07, 6.45) is 0. The van der Waals surface area contributed by atoms with Crippen LogP contribution < -0.4 is 10.5 Å². The fourth-order valence-electron chi connectivity index (χ4n) is 1.69. The number of nitrogens with one attached hydrogen (secondary N) is 1. The minimum Gasteiger partial charge on any atom is -0.398 e. The van der Waals surface area contributed by atoms with Gasteiger partial charge in [-0.1, -0.05) is 11.6 Å². The lowest BCUT2D eigenvalue weighted by Crippen LogP contribution is -2.27. The summed E-state index contributed by atoms with van der Waals surface area (Å²) in [6.45, 7) is 1.69. The summed E-state index contributed by atoms with van der Waals surface area (Å²) in [5.41, 5.74) is 5.44. The van der Waals surface area contributed by atoms with Gasteiger partial charge >= 0.3 is 0 Å². The summed E-state index contributed by atoms with van der Waals surface area (Å²) in [4.78, 5) is 0.591. The van der Waals surface area contributed by atoms with Gasteiger partial charge in [0.05, 0.1) is 20.5 Å². The van der Waals surface area contributed by atoms with E-state index in [1.54, 1.807) is 19.1 Å². The highest BCUT2D eigenvalue weighted by Crippen LogP contribution is 2.30. The highest BCUT2D eigenvalue weighted by molar-refractivity contribution is 9.10. The molecule has 3 N–H and O–H groups in total. The molecule has 4 nitrogen and oxygen atoms in total. The summed E-state index contributed by atoms with van der Waals surface area (Å²) < 4.78 is 41.1. The Bertz CT molecular complexity index is 780. The Morgan fingerprint density at radius 1 is 1.43 bits per heavy atom. The van der Waals surface area contributed by atoms with E-state index in [9.17, 15) is 12.8 Å². The number of hydrogen-bond acceptors (Lipinski definition) is 4. The van der Waals surface area contributed by atoms with E-state index in [-0.39, 0.29) is 15.1 Å². The zero-order chi connectivity index (χ0) is 15.8. The van der Waals surface area contributed by atoms with Crippen LogP contribution in [0.2, 0.25) is 4.34 Å². The van der Waals surface area contributed by atoms with Crippen molar-refractivity contribution in [1.82, 2.24) is 4.72 Å². The molecule has 1 unspecified atom stereocenters. The predicted molar refractivity (Wildman–Crippen MR) is 86.6 cm³/mol. The highest BCUT2D eigenvalue weighted by Gasteiger charge is 2.23. The molecule has 2 aromatic rings. The van der Waals surface area contributed by atoms with E-state index in [2.05, 4.69) is 20.7 Å². The number of anilines is 1. The van der Waals surface area contributed by atoms with Gasteiger partial charge in [0.1, 0.15) is 10.7 Å². The Morgan fingerprint density at radius 2 is 2.10 bits per heavy atom. The van der Waals surface area contributed by atoms with Crippen molar-refractivity contribution in [3.05, 3.63) is 43.8 Å². The summed E-state index contributed by atoms with van der Waals surface area (Å²) >= 11 is 10.1. The molecule has 0 aliphatic rings. The number of halogens is 3. The SMILES string of the molecule is CC(NS(=O)(=O)c1cc(Br)c(F)cc1N)c1ccc(Cl)s1. The lowest BCUT2D eigenvalue weighted by atomic mass is 10.3. The molecule has 1 aromatic carbocycles. The van der Waals surface area contributed by atoms with Crippen molar-refractivity contribution in [2.24, 2.45) is 0 Å². The first-order valence-electron chi connectivity index (χ1n) is 5.73. The van der Waals surface area contributed by atoms with Crippen molar-refractivity contribution in [2.45, 2.75) is 17.9 Å². The van der Waals surface area contributed by atoms with E-state index in [1.165, 1.54) is 11.3 Å². The molecular weight excluding hydrogens is 403 g/mol. The van der Waals surface area contributed by atoms with Gasteiger partial charge in [-0.2, -0.15) is 0 Å². The lowest BCUT2D eigenvalue weighted by molar-refractivity contribution is 0.568. The Balaban J connectivity index is 2.32. The molecule has 1 aromatic heterocycles. The first-order chi connectivity index (χ1) is 9.70. The summed E-state index contributed by atoms with van der Waals surface area (Å²) in [7, 11) is -3.88. The molecular formula is C12H11BrClFN2O2S2. The molecule has 1 atom stereocenters. The van der Waals surface area contributed by atoms with E-state index in [4.69, 9.17) is 17.3 Å². The normalized spacial score (nSPS) is 13.3. The molecule has 114 valence electrons. The van der Waals surface area contributed by atoms with E-state index < -0.39 is 21.9 Å². The fraction of sp³-hybridized carbons (Fsp3) is 0.167. The Labute approximate surface area is 139 Å². The summed E-state index contributed by atoms with van der Waals surface area (Å²) in [6, 6.07) is 5.06. The van der Waals surface area contributed by atoms with Crippen molar-refractivity contribution < 1.29 is 12.8 Å². The van der Waals surface area contributed by atoms with Gasteiger partial charge in [-0.3, -0.25) is 0 Å². The quantitative estimate of drug-likeness (QED) is 0.746. The number of thiophene rings is 1. The molecule has 0 spiro atoms. The van der Waals surface area contributed by atoms with Gasteiger partial charge < -0.3 is 5.73 Å². The Kier molecular flexibility index (Phi) is 4.94. The van der Waals surface area contributed by atoms with Crippen LogP contribution in [0.4, 0.5) is 10.1 Å². The van der Waals surface area contributed by atoms with Crippen LogP contribution in [0.15, 0.2) is 33.6 Å². The second kappa shape index (κ2) is 6.21. The molecule has 0 saturated carbocycles. The van der Waals surface area contributed by atoms with Crippen molar-refractivity contribution >= 4 is 54.6 Å². The van der Waals surface area contributed by atoms with Gasteiger partial charge in [-0.05, 0) is 47.1 Å². The standard InChI is InChI=1S/C12H11BrClFN2O2S2/c1-6(10-2-3-12(14)20-10)17-21(18,19)11-4-7(13)8(15)5-9(11)16/h2-6,17H,16H2,1H3. The number of nitrogens with two attached hydrogens (primary N) is 1. The maximum Gasteiger partial charge on any atom is 0.243 e. The average Bonchev–Trinajstić information content (AvgIpc) is 2.80. The van der Waals surface area contributed by atoms with Gasteiger partial charge in [-0.25, -0.2) is 17.5 Å². The largest absolute Gasteiger partial charge is 0.398 e. The van der Waals surface area contributed by atoms with Gasteiger partial charge in [0.15, 0.2) is 0 Å². The van der Waals surface area contributed by atoms with Crippen LogP contribution in [0.25, 0.3) is 0 Å².